The maximum absolute atomic E-state index is 10.5. The molecule has 0 saturated heterocycles. The van der Waals surface area contributed by atoms with E-state index in [1.165, 1.54) is 18.0 Å². The highest BCUT2D eigenvalue weighted by Gasteiger charge is 2.23. The number of carbonyl (C=O) groups is 1. The number of hydrogen-bond acceptors (Lipinski definition) is 5. The van der Waals surface area contributed by atoms with Crippen LogP contribution >= 0.6 is 11.8 Å². The molecule has 1 aliphatic rings. The maximum Gasteiger partial charge on any atom is 0.419 e. The Labute approximate surface area is 96.0 Å². The van der Waals surface area contributed by atoms with Crippen LogP contribution in [0.1, 0.15) is 12.6 Å². The lowest BCUT2D eigenvalue weighted by Crippen LogP contribution is -1.98. The Bertz CT molecular complexity index is 529. The number of hydrogen-bond donors (Lipinski definition) is 0. The van der Waals surface area contributed by atoms with Gasteiger partial charge >= 0.3 is 10.9 Å². The zero-order chi connectivity index (χ0) is 11.4. The molecular weight excluding hydrogens is 226 g/mol. The van der Waals surface area contributed by atoms with E-state index >= 15 is 0 Å². The molecule has 16 heavy (non-hydrogen) atoms. The van der Waals surface area contributed by atoms with Crippen molar-refractivity contribution in [3.05, 3.63) is 18.1 Å². The first kappa shape index (κ1) is 10.6. The minimum absolute atomic E-state index is 0.374. The van der Waals surface area contributed by atoms with Crippen LogP contribution in [0.5, 0.6) is 5.88 Å². The summed E-state index contributed by atoms with van der Waals surface area (Å²) in [6, 6.07) is 0. The van der Waals surface area contributed by atoms with Gasteiger partial charge < -0.3 is 4.74 Å². The largest absolute Gasteiger partial charge is 0.477 e. The third kappa shape index (κ3) is 2.20. The number of nitrogens with zero attached hydrogens (tertiary/aromatic N) is 3. The molecule has 1 aromatic heterocycles. The third-order valence-corrected chi connectivity index (χ3v) is 2.61. The summed E-state index contributed by atoms with van der Waals surface area (Å²) >= 11 is 1.22. The van der Waals surface area contributed by atoms with E-state index in [-0.39, 0.29) is 0 Å². The maximum atomic E-state index is 10.5. The molecule has 0 bridgehead atoms. The molecule has 0 N–H and O–H groups in total. The highest BCUT2D eigenvalue weighted by atomic mass is 32.2. The van der Waals surface area contributed by atoms with Gasteiger partial charge in [-0.1, -0.05) is 0 Å². The lowest BCUT2D eigenvalue weighted by molar-refractivity contribution is -0.102. The van der Waals surface area contributed by atoms with Gasteiger partial charge in [0, 0.05) is 11.8 Å². The Hall–Kier alpha value is -1.87. The van der Waals surface area contributed by atoms with E-state index in [1.807, 2.05) is 6.92 Å². The molecule has 2 rings (SSSR count). The van der Waals surface area contributed by atoms with Crippen LogP contribution in [-0.4, -0.2) is 33.8 Å². The first-order valence-corrected chi connectivity index (χ1v) is 5.44. The van der Waals surface area contributed by atoms with Crippen molar-refractivity contribution in [1.29, 1.82) is 0 Å². The summed E-state index contributed by atoms with van der Waals surface area (Å²) < 4.78 is 9.03. The van der Waals surface area contributed by atoms with Gasteiger partial charge in [-0.15, -0.1) is 0 Å². The van der Waals surface area contributed by atoms with Gasteiger partial charge in [-0.05, 0) is 11.6 Å². The minimum atomic E-state index is 0.374. The summed E-state index contributed by atoms with van der Waals surface area (Å²) in [6.45, 7) is 2.40. The third-order valence-electron chi connectivity index (χ3n) is 1.71. The highest BCUT2D eigenvalue weighted by molar-refractivity contribution is 8.23. The second kappa shape index (κ2) is 4.77. The molecule has 0 saturated carbocycles. The standard InChI is InChI=1S/C10H8N3O2S/c1-2-15-9-5-11-3-7(13-9)8-4-12-10(6-14)16-8/h3,5-6H,2H2,1H3/q+1. The van der Waals surface area contributed by atoms with Crippen LogP contribution < -0.4 is 9.40 Å². The van der Waals surface area contributed by atoms with Crippen molar-refractivity contribution in [1.82, 2.24) is 14.6 Å². The first-order valence-electron chi connectivity index (χ1n) is 4.62. The van der Waals surface area contributed by atoms with Gasteiger partial charge in [-0.2, -0.15) is 0 Å². The fourth-order valence-corrected chi connectivity index (χ4v) is 1.73. The molecule has 1 aliphatic heterocycles. The van der Waals surface area contributed by atoms with E-state index in [2.05, 4.69) is 20.5 Å². The molecular formula is C10H8N3O2S+. The second-order valence-electron chi connectivity index (χ2n) is 2.79. The SMILES string of the molecule is CCOc1cncc(C2=C=[N+]=C(C=O)S2)n1. The zero-order valence-electron chi connectivity index (χ0n) is 8.51. The molecule has 0 radical (unpaired) electrons. The van der Waals surface area contributed by atoms with Gasteiger partial charge in [0.1, 0.15) is 5.69 Å². The van der Waals surface area contributed by atoms with E-state index in [0.717, 1.165) is 0 Å². The van der Waals surface area contributed by atoms with Crippen LogP contribution in [0, 0.1) is 0 Å². The van der Waals surface area contributed by atoms with Crippen molar-refractivity contribution in [2.24, 2.45) is 0 Å². The average Bonchev–Trinajstić information content (AvgIpc) is 2.78. The Morgan fingerprint density at radius 3 is 3.19 bits per heavy atom. The Kier molecular flexibility index (Phi) is 3.17. The molecule has 0 aromatic carbocycles. The Balaban J connectivity index is 2.30. The van der Waals surface area contributed by atoms with E-state index in [9.17, 15) is 4.79 Å². The van der Waals surface area contributed by atoms with Crippen molar-refractivity contribution >= 4 is 33.9 Å². The van der Waals surface area contributed by atoms with Crippen molar-refractivity contribution in [2.45, 2.75) is 6.92 Å². The monoisotopic (exact) mass is 234 g/mol. The van der Waals surface area contributed by atoms with E-state index in [4.69, 9.17) is 4.74 Å². The van der Waals surface area contributed by atoms with Crippen molar-refractivity contribution < 1.29 is 9.53 Å². The molecule has 0 spiro atoms. The highest BCUT2D eigenvalue weighted by Crippen LogP contribution is 2.25. The predicted octanol–water partition coefficient (Wildman–Crippen LogP) is 0.297. The molecule has 0 unspecified atom stereocenters. The number of rotatable bonds is 4. The summed E-state index contributed by atoms with van der Waals surface area (Å²) in [5.41, 5.74) is 0.608. The van der Waals surface area contributed by atoms with Crippen molar-refractivity contribution in [3.63, 3.8) is 0 Å². The molecule has 2 heterocycles. The van der Waals surface area contributed by atoms with Crippen LogP contribution in [0.2, 0.25) is 0 Å². The number of ether oxygens (including phenoxy) is 1. The van der Waals surface area contributed by atoms with Crippen LogP contribution in [-0.2, 0) is 4.79 Å². The molecule has 0 aliphatic carbocycles. The van der Waals surface area contributed by atoms with Gasteiger partial charge in [-0.25, -0.2) is 4.98 Å². The fraction of sp³-hybridized carbons (Fsp3) is 0.200. The minimum Gasteiger partial charge on any atom is -0.477 e. The first-order chi connectivity index (χ1) is 7.83. The normalized spacial score (nSPS) is 13.3. The topological polar surface area (TPSA) is 66.2 Å². The summed E-state index contributed by atoms with van der Waals surface area (Å²) in [7, 11) is 0. The smallest absolute Gasteiger partial charge is 0.419 e. The quantitative estimate of drug-likeness (QED) is 0.553. The van der Waals surface area contributed by atoms with Crippen molar-refractivity contribution in [3.8, 4) is 5.88 Å². The fourth-order valence-electron chi connectivity index (χ4n) is 1.09. The molecule has 5 nitrogen and oxygen atoms in total. The van der Waals surface area contributed by atoms with Gasteiger partial charge in [0.25, 0.3) is 0 Å². The van der Waals surface area contributed by atoms with E-state index in [1.54, 1.807) is 6.20 Å². The Morgan fingerprint density at radius 1 is 1.62 bits per heavy atom. The molecule has 0 amide bonds. The zero-order valence-corrected chi connectivity index (χ0v) is 9.32. The molecule has 6 heteroatoms. The number of carbonyl (C=O) groups excluding carboxylic acids is 1. The van der Waals surface area contributed by atoms with Gasteiger partial charge in [-0.3, -0.25) is 9.78 Å². The summed E-state index contributed by atoms with van der Waals surface area (Å²) in [5.74, 6) is 3.17. The van der Waals surface area contributed by atoms with Crippen molar-refractivity contribution in [2.75, 3.05) is 6.61 Å². The summed E-state index contributed by atoms with van der Waals surface area (Å²) in [6.07, 6.45) is 3.81. The van der Waals surface area contributed by atoms with Crippen LogP contribution in [0.15, 0.2) is 12.4 Å². The predicted molar refractivity (Wildman–Crippen MR) is 62.4 cm³/mol. The van der Waals surface area contributed by atoms with Gasteiger partial charge in [0.2, 0.25) is 12.2 Å². The number of thioether (sulfide) groups is 1. The molecule has 80 valence electrons. The molecule has 0 atom stereocenters. The Morgan fingerprint density at radius 2 is 2.50 bits per heavy atom. The molecule has 1 aromatic rings. The summed E-state index contributed by atoms with van der Waals surface area (Å²) in [4.78, 5) is 19.4. The summed E-state index contributed by atoms with van der Waals surface area (Å²) in [5, 5.41) is 0.374. The average molecular weight is 234 g/mol. The molecule has 0 fully saturated rings. The second-order valence-corrected chi connectivity index (χ2v) is 3.82. The number of aromatic nitrogens is 2. The van der Waals surface area contributed by atoms with Gasteiger partial charge in [0.05, 0.1) is 19.0 Å². The van der Waals surface area contributed by atoms with Crippen LogP contribution in [0.25, 0.3) is 4.91 Å². The lowest BCUT2D eigenvalue weighted by atomic mass is 10.4. The number of aldehydes is 1. The lowest BCUT2D eigenvalue weighted by Gasteiger charge is -2.01. The van der Waals surface area contributed by atoms with Crippen LogP contribution in [0.3, 0.4) is 0 Å². The van der Waals surface area contributed by atoms with Gasteiger partial charge in [0.15, 0.2) is 4.91 Å². The van der Waals surface area contributed by atoms with Crippen LogP contribution in [0.4, 0.5) is 0 Å². The van der Waals surface area contributed by atoms with E-state index in [0.29, 0.717) is 34.4 Å². The van der Waals surface area contributed by atoms with E-state index < -0.39 is 0 Å².